The van der Waals surface area contributed by atoms with E-state index < -0.39 is 22.2 Å². The number of fused-ring (bicyclic) bond motifs is 2. The summed E-state index contributed by atoms with van der Waals surface area (Å²) in [5, 5.41) is 12.3. The quantitative estimate of drug-likeness (QED) is 0.487. The third kappa shape index (κ3) is 3.46. The van der Waals surface area contributed by atoms with Gasteiger partial charge in [-0.3, -0.25) is 4.98 Å². The molecule has 0 aliphatic carbocycles. The molecule has 7 nitrogen and oxygen atoms in total. The number of hydrogen-bond acceptors (Lipinski definition) is 5. The van der Waals surface area contributed by atoms with E-state index in [9.17, 15) is 13.5 Å². The van der Waals surface area contributed by atoms with Crippen LogP contribution in [0.2, 0.25) is 0 Å². The Balaban J connectivity index is 1.59. The van der Waals surface area contributed by atoms with Crippen LogP contribution in [0.1, 0.15) is 22.8 Å². The fourth-order valence-electron chi connectivity index (χ4n) is 4.40. The first-order chi connectivity index (χ1) is 15.5. The Hall–Kier alpha value is -3.20. The highest BCUT2D eigenvalue weighted by atomic mass is 32.2. The molecule has 2 N–H and O–H groups in total. The van der Waals surface area contributed by atoms with Crippen molar-refractivity contribution in [3.63, 3.8) is 0 Å². The van der Waals surface area contributed by atoms with Gasteiger partial charge in [-0.2, -0.15) is 4.31 Å². The smallest absolute Gasteiger partial charge is 0.244 e. The van der Waals surface area contributed by atoms with E-state index in [0.29, 0.717) is 12.0 Å². The molecule has 1 aliphatic heterocycles. The topological polar surface area (TPSA) is 95.5 Å². The number of rotatable bonds is 5. The molecule has 0 unspecified atom stereocenters. The molecule has 3 heterocycles. The summed E-state index contributed by atoms with van der Waals surface area (Å²) in [6.45, 7) is 0.127. The van der Waals surface area contributed by atoms with Gasteiger partial charge in [0, 0.05) is 47.7 Å². The summed E-state index contributed by atoms with van der Waals surface area (Å²) >= 11 is 0. The molecule has 0 saturated carbocycles. The molecular formula is C24H23N3O4S. The Kier molecular flexibility index (Phi) is 5.21. The van der Waals surface area contributed by atoms with Crippen LogP contribution in [-0.2, 0) is 23.0 Å². The van der Waals surface area contributed by atoms with Gasteiger partial charge < -0.3 is 14.8 Å². The Morgan fingerprint density at radius 1 is 1.16 bits per heavy atom. The highest BCUT2D eigenvalue weighted by Gasteiger charge is 2.43. The van der Waals surface area contributed by atoms with Crippen LogP contribution in [0.25, 0.3) is 10.9 Å². The van der Waals surface area contributed by atoms with E-state index in [0.717, 1.165) is 27.8 Å². The highest BCUT2D eigenvalue weighted by molar-refractivity contribution is 7.89. The van der Waals surface area contributed by atoms with Crippen molar-refractivity contribution in [2.45, 2.75) is 30.0 Å². The molecule has 2 aromatic heterocycles. The molecule has 8 heteroatoms. The molecule has 1 aliphatic rings. The van der Waals surface area contributed by atoms with Crippen molar-refractivity contribution in [3.05, 3.63) is 89.9 Å². The third-order valence-electron chi connectivity index (χ3n) is 6.02. The first-order valence-corrected chi connectivity index (χ1v) is 11.7. The minimum atomic E-state index is -3.81. The number of nitrogens with zero attached hydrogens (tertiary/aromatic N) is 2. The maximum absolute atomic E-state index is 13.6. The van der Waals surface area contributed by atoms with E-state index in [1.165, 1.54) is 4.31 Å². The number of H-pyrrole nitrogens is 1. The lowest BCUT2D eigenvalue weighted by Gasteiger charge is -2.39. The van der Waals surface area contributed by atoms with E-state index in [4.69, 9.17) is 4.74 Å². The minimum Gasteiger partial charge on any atom is -0.497 e. The van der Waals surface area contributed by atoms with Gasteiger partial charge in [0.2, 0.25) is 10.0 Å². The fraction of sp³-hybridized carbons (Fsp3) is 0.208. The predicted octanol–water partition coefficient (Wildman–Crippen LogP) is 3.42. The van der Waals surface area contributed by atoms with E-state index in [1.54, 1.807) is 49.8 Å². The number of aliphatic hydroxyl groups excluding tert-OH is 1. The van der Waals surface area contributed by atoms with E-state index >= 15 is 0 Å². The van der Waals surface area contributed by atoms with Crippen LogP contribution in [-0.4, -0.2) is 40.9 Å². The summed E-state index contributed by atoms with van der Waals surface area (Å²) in [5.41, 5.74) is 3.02. The average Bonchev–Trinajstić information content (AvgIpc) is 3.22. The number of benzene rings is 2. The SMILES string of the molecule is COc1ccc2c(C[C@H]3[C@@H](O)c4ccccc4S(=O)(=O)N3Cc3cccnc3)c[nH]c2c1. The van der Waals surface area contributed by atoms with Crippen molar-refractivity contribution in [3.8, 4) is 5.75 Å². The van der Waals surface area contributed by atoms with Gasteiger partial charge in [0.25, 0.3) is 0 Å². The van der Waals surface area contributed by atoms with Gasteiger partial charge in [-0.25, -0.2) is 8.42 Å². The predicted molar refractivity (Wildman–Crippen MR) is 121 cm³/mol. The summed E-state index contributed by atoms with van der Waals surface area (Å²) in [4.78, 5) is 7.50. The lowest BCUT2D eigenvalue weighted by molar-refractivity contribution is 0.0771. The number of pyridine rings is 1. The van der Waals surface area contributed by atoms with Gasteiger partial charge in [0.1, 0.15) is 5.75 Å². The van der Waals surface area contributed by atoms with Crippen LogP contribution < -0.4 is 4.74 Å². The summed E-state index contributed by atoms with van der Waals surface area (Å²) in [6, 6.07) is 15.3. The lowest BCUT2D eigenvalue weighted by Crippen LogP contribution is -2.48. The zero-order valence-corrected chi connectivity index (χ0v) is 18.3. The Morgan fingerprint density at radius 2 is 2.00 bits per heavy atom. The summed E-state index contributed by atoms with van der Waals surface area (Å²) in [5.74, 6) is 0.735. The molecule has 0 bridgehead atoms. The molecule has 4 aromatic rings. The second kappa shape index (κ2) is 8.05. The monoisotopic (exact) mass is 449 g/mol. The molecule has 0 spiro atoms. The molecule has 32 heavy (non-hydrogen) atoms. The number of sulfonamides is 1. The molecule has 164 valence electrons. The van der Waals surface area contributed by atoms with E-state index in [-0.39, 0.29) is 11.4 Å². The van der Waals surface area contributed by atoms with Gasteiger partial charge >= 0.3 is 0 Å². The molecule has 0 radical (unpaired) electrons. The summed E-state index contributed by atoms with van der Waals surface area (Å²) < 4.78 is 33.9. The average molecular weight is 450 g/mol. The van der Waals surface area contributed by atoms with Crippen LogP contribution in [0.4, 0.5) is 0 Å². The molecule has 2 aromatic carbocycles. The van der Waals surface area contributed by atoms with Crippen molar-refractivity contribution < 1.29 is 18.3 Å². The highest BCUT2D eigenvalue weighted by Crippen LogP contribution is 2.39. The summed E-state index contributed by atoms with van der Waals surface area (Å²) in [7, 11) is -2.20. The first-order valence-electron chi connectivity index (χ1n) is 10.3. The van der Waals surface area contributed by atoms with Crippen LogP contribution in [0.15, 0.2) is 78.1 Å². The number of ether oxygens (including phenoxy) is 1. The fourth-order valence-corrected chi connectivity index (χ4v) is 6.26. The van der Waals surface area contributed by atoms with Crippen molar-refractivity contribution in [1.82, 2.24) is 14.3 Å². The first kappa shape index (κ1) is 20.7. The minimum absolute atomic E-state index is 0.127. The van der Waals surface area contributed by atoms with Gasteiger partial charge in [0.05, 0.1) is 24.2 Å². The second-order valence-corrected chi connectivity index (χ2v) is 9.75. The number of nitrogens with one attached hydrogen (secondary N) is 1. The molecule has 2 atom stereocenters. The molecular weight excluding hydrogens is 426 g/mol. The van der Waals surface area contributed by atoms with Crippen molar-refractivity contribution in [2.75, 3.05) is 7.11 Å². The van der Waals surface area contributed by atoms with Gasteiger partial charge in [-0.1, -0.05) is 24.3 Å². The zero-order chi connectivity index (χ0) is 22.3. The second-order valence-electron chi connectivity index (χ2n) is 7.89. The number of methoxy groups -OCH3 is 1. The summed E-state index contributed by atoms with van der Waals surface area (Å²) in [6.07, 6.45) is 4.55. The molecule has 5 rings (SSSR count). The number of hydrogen-bond donors (Lipinski definition) is 2. The van der Waals surface area contributed by atoms with Gasteiger partial charge in [-0.15, -0.1) is 0 Å². The lowest BCUT2D eigenvalue weighted by atomic mass is 9.95. The molecule has 0 saturated heterocycles. The Bertz CT molecular complexity index is 1370. The Morgan fingerprint density at radius 3 is 2.78 bits per heavy atom. The Labute approximate surface area is 186 Å². The number of aliphatic hydroxyl groups is 1. The third-order valence-corrected chi connectivity index (χ3v) is 7.97. The van der Waals surface area contributed by atoms with Crippen LogP contribution >= 0.6 is 0 Å². The number of aromatic nitrogens is 2. The molecule has 0 fully saturated rings. The van der Waals surface area contributed by atoms with E-state index in [1.807, 2.05) is 30.5 Å². The standard InChI is InChI=1S/C24H23N3O4S/c1-31-18-8-9-19-17(14-26-21(19)12-18)11-22-24(28)20-6-2-3-7-23(20)32(29,30)27(22)15-16-5-4-10-25-13-16/h2-10,12-14,22,24,26,28H,11,15H2,1H3/t22-,24-/m0/s1. The van der Waals surface area contributed by atoms with Crippen molar-refractivity contribution in [1.29, 1.82) is 0 Å². The zero-order valence-electron chi connectivity index (χ0n) is 17.5. The van der Waals surface area contributed by atoms with E-state index in [2.05, 4.69) is 9.97 Å². The number of aromatic amines is 1. The molecule has 0 amide bonds. The van der Waals surface area contributed by atoms with Crippen molar-refractivity contribution >= 4 is 20.9 Å². The van der Waals surface area contributed by atoms with Gasteiger partial charge in [0.15, 0.2) is 0 Å². The maximum Gasteiger partial charge on any atom is 0.244 e. The van der Waals surface area contributed by atoms with Crippen molar-refractivity contribution in [2.24, 2.45) is 0 Å². The normalized spacial score (nSPS) is 20.2. The maximum atomic E-state index is 13.6. The van der Waals surface area contributed by atoms with Gasteiger partial charge in [-0.05, 0) is 41.8 Å². The van der Waals surface area contributed by atoms with Crippen LogP contribution in [0, 0.1) is 0 Å². The largest absolute Gasteiger partial charge is 0.497 e. The van der Waals surface area contributed by atoms with Crippen LogP contribution in [0.3, 0.4) is 0 Å². The van der Waals surface area contributed by atoms with Crippen LogP contribution in [0.5, 0.6) is 5.75 Å².